The zero-order valence-electron chi connectivity index (χ0n) is 20.0. The molecule has 0 radical (unpaired) electrons. The molecule has 1 N–H and O–H groups in total. The van der Waals surface area contributed by atoms with Gasteiger partial charge in [0.1, 0.15) is 18.2 Å². The number of para-hydroxylation sites is 2. The molecule has 0 aliphatic rings. The zero-order chi connectivity index (χ0) is 24.3. The van der Waals surface area contributed by atoms with Crippen molar-refractivity contribution in [3.05, 3.63) is 94.8 Å². The van der Waals surface area contributed by atoms with Crippen LogP contribution >= 0.6 is 11.6 Å². The summed E-state index contributed by atoms with van der Waals surface area (Å²) in [7, 11) is 0. The number of hydrogen-bond donors (Lipinski definition) is 1. The van der Waals surface area contributed by atoms with Crippen LogP contribution in [-0.2, 0) is 12.0 Å². The third-order valence-electron chi connectivity index (χ3n) is 5.81. The van der Waals surface area contributed by atoms with Crippen LogP contribution in [0.15, 0.2) is 72.8 Å². The van der Waals surface area contributed by atoms with Gasteiger partial charge in [0.05, 0.1) is 23.6 Å². The number of carbonyl (C=O) groups excluding carboxylic acids is 1. The average molecular weight is 476 g/mol. The lowest BCUT2D eigenvalue weighted by Gasteiger charge is -2.19. The Labute approximate surface area is 205 Å². The van der Waals surface area contributed by atoms with E-state index in [9.17, 15) is 4.79 Å². The maximum Gasteiger partial charge on any atom is 0.251 e. The number of halogens is 1. The Balaban J connectivity index is 1.50. The van der Waals surface area contributed by atoms with Crippen LogP contribution in [0.25, 0.3) is 11.0 Å². The fraction of sp³-hybridized carbons (Fsp3) is 0.286. The number of nitrogens with one attached hydrogen (secondary N) is 1. The quantitative estimate of drug-likeness (QED) is 0.329. The molecule has 1 atom stereocenters. The summed E-state index contributed by atoms with van der Waals surface area (Å²) in [5.74, 6) is 1.42. The summed E-state index contributed by atoms with van der Waals surface area (Å²) in [4.78, 5) is 17.6. The third kappa shape index (κ3) is 5.42. The predicted molar refractivity (Wildman–Crippen MR) is 138 cm³/mol. The minimum atomic E-state index is -0.301. The monoisotopic (exact) mass is 475 g/mol. The molecular formula is C28H30ClN3O2. The van der Waals surface area contributed by atoms with E-state index in [4.69, 9.17) is 21.3 Å². The highest BCUT2D eigenvalue weighted by molar-refractivity contribution is 6.30. The Kier molecular flexibility index (Phi) is 6.94. The van der Waals surface area contributed by atoms with Gasteiger partial charge in [-0.05, 0) is 60.4 Å². The lowest BCUT2D eigenvalue weighted by Crippen LogP contribution is -2.29. The molecule has 4 aromatic rings. The van der Waals surface area contributed by atoms with Gasteiger partial charge in [0.2, 0.25) is 0 Å². The first-order chi connectivity index (χ1) is 16.2. The molecule has 6 heteroatoms. The smallest absolute Gasteiger partial charge is 0.251 e. The summed E-state index contributed by atoms with van der Waals surface area (Å²) in [5.41, 5.74) is 3.79. The number of imidazole rings is 1. The van der Waals surface area contributed by atoms with E-state index in [-0.39, 0.29) is 17.4 Å². The van der Waals surface area contributed by atoms with E-state index in [1.54, 1.807) is 24.3 Å². The van der Waals surface area contributed by atoms with E-state index in [1.807, 2.05) is 43.3 Å². The van der Waals surface area contributed by atoms with E-state index in [1.165, 1.54) is 5.56 Å². The van der Waals surface area contributed by atoms with Crippen LogP contribution in [0.4, 0.5) is 0 Å². The van der Waals surface area contributed by atoms with Crippen molar-refractivity contribution in [3.63, 3.8) is 0 Å². The van der Waals surface area contributed by atoms with Gasteiger partial charge in [-0.15, -0.1) is 0 Å². The minimum absolute atomic E-state index is 0.106. The fourth-order valence-corrected chi connectivity index (χ4v) is 4.13. The third-order valence-corrected chi connectivity index (χ3v) is 6.04. The second-order valence-electron chi connectivity index (χ2n) is 9.44. The molecule has 0 spiro atoms. The van der Waals surface area contributed by atoms with Crippen LogP contribution < -0.4 is 10.1 Å². The molecule has 3 aromatic carbocycles. The van der Waals surface area contributed by atoms with E-state index in [2.05, 4.69) is 42.8 Å². The highest BCUT2D eigenvalue weighted by Gasteiger charge is 2.19. The van der Waals surface area contributed by atoms with Gasteiger partial charge >= 0.3 is 0 Å². The molecule has 0 saturated carbocycles. The number of fused-ring (bicyclic) bond motifs is 1. The second-order valence-corrected chi connectivity index (χ2v) is 9.88. The molecule has 0 bridgehead atoms. The fourth-order valence-electron chi connectivity index (χ4n) is 3.94. The highest BCUT2D eigenvalue weighted by Crippen LogP contribution is 2.25. The summed E-state index contributed by atoms with van der Waals surface area (Å²) in [6.45, 7) is 9.61. The zero-order valence-corrected chi connectivity index (χ0v) is 20.8. The topological polar surface area (TPSA) is 56.2 Å². The van der Waals surface area contributed by atoms with E-state index in [0.29, 0.717) is 23.7 Å². The first-order valence-corrected chi connectivity index (χ1v) is 11.8. The SMILES string of the molecule is CC(NC(=O)c1cccc(Cl)c1)c1nc2ccccc2n1CCOc1ccc(C(C)(C)C)cc1. The number of amides is 1. The lowest BCUT2D eigenvalue weighted by molar-refractivity contribution is 0.0937. The number of hydrogen-bond acceptors (Lipinski definition) is 3. The molecule has 1 amide bonds. The predicted octanol–water partition coefficient (Wildman–Crippen LogP) is 6.56. The van der Waals surface area contributed by atoms with Crippen molar-refractivity contribution in [2.24, 2.45) is 0 Å². The number of aromatic nitrogens is 2. The normalized spacial score (nSPS) is 12.5. The molecule has 0 saturated heterocycles. The Hall–Kier alpha value is -3.31. The molecule has 5 nitrogen and oxygen atoms in total. The van der Waals surface area contributed by atoms with Gasteiger partial charge in [-0.2, -0.15) is 0 Å². The van der Waals surface area contributed by atoms with E-state index in [0.717, 1.165) is 22.6 Å². The van der Waals surface area contributed by atoms with Gasteiger partial charge in [0.25, 0.3) is 5.91 Å². The number of nitrogens with zero attached hydrogens (tertiary/aromatic N) is 2. The van der Waals surface area contributed by atoms with Crippen molar-refractivity contribution in [1.29, 1.82) is 0 Å². The number of carbonyl (C=O) groups is 1. The van der Waals surface area contributed by atoms with Gasteiger partial charge in [0.15, 0.2) is 0 Å². The van der Waals surface area contributed by atoms with E-state index < -0.39 is 0 Å². The van der Waals surface area contributed by atoms with Crippen LogP contribution in [0.5, 0.6) is 5.75 Å². The van der Waals surface area contributed by atoms with Gasteiger partial charge in [-0.3, -0.25) is 4.79 Å². The van der Waals surface area contributed by atoms with Gasteiger partial charge in [0, 0.05) is 10.6 Å². The van der Waals surface area contributed by atoms with Crippen LogP contribution in [0.2, 0.25) is 5.02 Å². The second kappa shape index (κ2) is 9.90. The van der Waals surface area contributed by atoms with Crippen molar-refractivity contribution >= 4 is 28.5 Å². The Morgan fingerprint density at radius 2 is 1.79 bits per heavy atom. The van der Waals surface area contributed by atoms with Crippen LogP contribution in [0.1, 0.15) is 55.5 Å². The molecular weight excluding hydrogens is 446 g/mol. The van der Waals surface area contributed by atoms with Crippen LogP contribution in [0.3, 0.4) is 0 Å². The van der Waals surface area contributed by atoms with Crippen molar-refractivity contribution < 1.29 is 9.53 Å². The van der Waals surface area contributed by atoms with Crippen molar-refractivity contribution in [2.75, 3.05) is 6.61 Å². The van der Waals surface area contributed by atoms with Gasteiger partial charge < -0.3 is 14.6 Å². The highest BCUT2D eigenvalue weighted by atomic mass is 35.5. The molecule has 1 unspecified atom stereocenters. The van der Waals surface area contributed by atoms with Crippen molar-refractivity contribution in [2.45, 2.75) is 45.7 Å². The van der Waals surface area contributed by atoms with Gasteiger partial charge in [-0.25, -0.2) is 4.98 Å². The molecule has 1 heterocycles. The molecule has 4 rings (SSSR count). The molecule has 0 aliphatic carbocycles. The summed E-state index contributed by atoms with van der Waals surface area (Å²) >= 11 is 6.05. The van der Waals surface area contributed by atoms with Gasteiger partial charge in [-0.1, -0.05) is 62.7 Å². The Morgan fingerprint density at radius 1 is 1.06 bits per heavy atom. The largest absolute Gasteiger partial charge is 0.492 e. The number of benzene rings is 3. The van der Waals surface area contributed by atoms with Crippen molar-refractivity contribution in [3.8, 4) is 5.75 Å². The summed E-state index contributed by atoms with van der Waals surface area (Å²) < 4.78 is 8.16. The van der Waals surface area contributed by atoms with Crippen LogP contribution in [-0.4, -0.2) is 22.1 Å². The first-order valence-electron chi connectivity index (χ1n) is 11.5. The van der Waals surface area contributed by atoms with E-state index >= 15 is 0 Å². The standard InChI is InChI=1S/C28H30ClN3O2/c1-19(30-27(33)20-8-7-9-22(29)18-20)26-31-24-10-5-6-11-25(24)32(26)16-17-34-23-14-12-21(13-15-23)28(2,3)4/h5-15,18-19H,16-17H2,1-4H3,(H,30,33). The molecule has 34 heavy (non-hydrogen) atoms. The number of ether oxygens (including phenoxy) is 1. The minimum Gasteiger partial charge on any atom is -0.492 e. The number of rotatable bonds is 7. The molecule has 176 valence electrons. The Bertz CT molecular complexity index is 1290. The summed E-state index contributed by atoms with van der Waals surface area (Å²) in [6, 6.07) is 22.8. The molecule has 1 aromatic heterocycles. The summed E-state index contributed by atoms with van der Waals surface area (Å²) in [6.07, 6.45) is 0. The maximum atomic E-state index is 12.8. The average Bonchev–Trinajstić information content (AvgIpc) is 3.18. The Morgan fingerprint density at radius 3 is 2.50 bits per heavy atom. The van der Waals surface area contributed by atoms with Crippen molar-refractivity contribution in [1.82, 2.24) is 14.9 Å². The summed E-state index contributed by atoms with van der Waals surface area (Å²) in [5, 5.41) is 3.58. The lowest BCUT2D eigenvalue weighted by atomic mass is 9.87. The van der Waals surface area contributed by atoms with Crippen LogP contribution in [0, 0.1) is 0 Å². The molecule has 0 aliphatic heterocycles. The first kappa shape index (κ1) is 23.8. The molecule has 0 fully saturated rings. The maximum absolute atomic E-state index is 12.8.